The van der Waals surface area contributed by atoms with E-state index in [1.807, 2.05) is 12.1 Å². The minimum Gasteiger partial charge on any atom is -0.461 e. The van der Waals surface area contributed by atoms with Crippen molar-refractivity contribution in [1.29, 1.82) is 0 Å². The zero-order chi connectivity index (χ0) is 17.9. The number of furan rings is 1. The lowest BCUT2D eigenvalue weighted by atomic mass is 10.2. The van der Waals surface area contributed by atoms with E-state index in [9.17, 15) is 0 Å². The zero-order valence-electron chi connectivity index (χ0n) is 15.2. The number of ether oxygens (including phenoxy) is 1. The van der Waals surface area contributed by atoms with Crippen molar-refractivity contribution >= 4 is 5.96 Å². The molecule has 0 atom stereocenters. The van der Waals surface area contributed by atoms with Crippen molar-refractivity contribution in [3.8, 4) is 11.6 Å². The van der Waals surface area contributed by atoms with Crippen molar-refractivity contribution in [1.82, 2.24) is 25.8 Å². The maximum atomic E-state index is 5.56. The Kier molecular flexibility index (Phi) is 7.97. The average Bonchev–Trinajstić information content (AvgIpc) is 3.27. The molecule has 2 heterocycles. The van der Waals surface area contributed by atoms with Gasteiger partial charge in [-0.05, 0) is 24.5 Å². The van der Waals surface area contributed by atoms with Gasteiger partial charge in [-0.15, -0.1) is 0 Å². The van der Waals surface area contributed by atoms with E-state index in [-0.39, 0.29) is 0 Å². The van der Waals surface area contributed by atoms with Gasteiger partial charge in [0.2, 0.25) is 5.82 Å². The van der Waals surface area contributed by atoms with Crippen LogP contribution in [-0.4, -0.2) is 54.5 Å². The third kappa shape index (κ3) is 6.96. The normalized spacial score (nSPS) is 11.9. The van der Waals surface area contributed by atoms with Crippen molar-refractivity contribution in [3.05, 3.63) is 24.2 Å². The van der Waals surface area contributed by atoms with Gasteiger partial charge in [0, 0.05) is 39.8 Å². The molecule has 2 aromatic heterocycles. The van der Waals surface area contributed by atoms with E-state index in [4.69, 9.17) is 9.15 Å². The number of guanidine groups is 1. The van der Waals surface area contributed by atoms with Crippen molar-refractivity contribution in [2.45, 2.75) is 26.7 Å². The molecular formula is C17H28N6O2. The summed E-state index contributed by atoms with van der Waals surface area (Å²) in [6.45, 7) is 7.39. The summed E-state index contributed by atoms with van der Waals surface area (Å²) in [4.78, 5) is 8.61. The summed E-state index contributed by atoms with van der Waals surface area (Å²) in [6.07, 6.45) is 3.27. The molecule has 2 rings (SSSR count). The van der Waals surface area contributed by atoms with E-state index in [1.54, 1.807) is 13.3 Å². The van der Waals surface area contributed by atoms with Crippen LogP contribution in [0.2, 0.25) is 0 Å². The first-order valence-corrected chi connectivity index (χ1v) is 8.66. The van der Waals surface area contributed by atoms with Crippen LogP contribution in [0.25, 0.3) is 11.6 Å². The van der Waals surface area contributed by atoms with Crippen LogP contribution in [0.3, 0.4) is 0 Å². The number of aromatic nitrogens is 3. The highest BCUT2D eigenvalue weighted by Crippen LogP contribution is 2.14. The number of nitrogens with zero attached hydrogens (tertiary/aromatic N) is 3. The molecular weight excluding hydrogens is 320 g/mol. The number of hydrogen-bond acceptors (Lipinski definition) is 5. The topological polar surface area (TPSA) is 100 Å². The number of nitrogens with one attached hydrogen (secondary N) is 3. The fourth-order valence-corrected chi connectivity index (χ4v) is 2.14. The molecule has 0 bridgehead atoms. The molecule has 0 radical (unpaired) electrons. The predicted molar refractivity (Wildman–Crippen MR) is 97.4 cm³/mol. The fraction of sp³-hybridized carbons (Fsp3) is 0.588. The number of rotatable bonds is 10. The molecule has 0 fully saturated rings. The van der Waals surface area contributed by atoms with Gasteiger partial charge in [-0.2, -0.15) is 5.10 Å². The van der Waals surface area contributed by atoms with Gasteiger partial charge in [0.25, 0.3) is 0 Å². The lowest BCUT2D eigenvalue weighted by Gasteiger charge is -2.11. The molecule has 3 N–H and O–H groups in total. The van der Waals surface area contributed by atoms with Crippen LogP contribution in [0.15, 0.2) is 27.8 Å². The quantitative estimate of drug-likeness (QED) is 0.344. The molecule has 0 aliphatic heterocycles. The average molecular weight is 348 g/mol. The molecule has 25 heavy (non-hydrogen) atoms. The van der Waals surface area contributed by atoms with E-state index in [0.717, 1.165) is 38.0 Å². The van der Waals surface area contributed by atoms with Crippen molar-refractivity contribution in [3.63, 3.8) is 0 Å². The number of hydrogen-bond donors (Lipinski definition) is 3. The van der Waals surface area contributed by atoms with Crippen LogP contribution in [0.1, 0.15) is 26.1 Å². The van der Waals surface area contributed by atoms with Crippen molar-refractivity contribution in [2.75, 3.05) is 33.4 Å². The highest BCUT2D eigenvalue weighted by atomic mass is 16.5. The van der Waals surface area contributed by atoms with Gasteiger partial charge < -0.3 is 19.8 Å². The van der Waals surface area contributed by atoms with Crippen LogP contribution in [0.4, 0.5) is 0 Å². The third-order valence-electron chi connectivity index (χ3n) is 3.36. The molecule has 0 amide bonds. The molecule has 0 aliphatic carbocycles. The van der Waals surface area contributed by atoms with Crippen molar-refractivity contribution < 1.29 is 9.15 Å². The number of aromatic amines is 1. The van der Waals surface area contributed by atoms with Gasteiger partial charge in [0.1, 0.15) is 5.82 Å². The molecule has 0 unspecified atom stereocenters. The molecule has 8 heteroatoms. The second-order valence-corrected chi connectivity index (χ2v) is 6.08. The first-order chi connectivity index (χ1) is 12.2. The zero-order valence-corrected chi connectivity index (χ0v) is 15.2. The first kappa shape index (κ1) is 19.0. The summed E-state index contributed by atoms with van der Waals surface area (Å²) < 4.78 is 10.8. The van der Waals surface area contributed by atoms with Gasteiger partial charge >= 0.3 is 0 Å². The summed E-state index contributed by atoms with van der Waals surface area (Å²) in [5.41, 5.74) is 0. The monoisotopic (exact) mass is 348 g/mol. The lowest BCUT2D eigenvalue weighted by Crippen LogP contribution is -2.39. The standard InChI is InChI=1S/C17H28N6O2/c1-13(2)12-24-10-5-8-19-17(18-3)20-9-7-15-21-16(23-22-15)14-6-4-11-25-14/h4,6,11,13H,5,7-10,12H2,1-3H3,(H2,18,19,20)(H,21,22,23). The van der Waals surface area contributed by atoms with E-state index < -0.39 is 0 Å². The fourth-order valence-electron chi connectivity index (χ4n) is 2.14. The summed E-state index contributed by atoms with van der Waals surface area (Å²) in [5, 5.41) is 13.6. The van der Waals surface area contributed by atoms with Gasteiger partial charge in [0.05, 0.1) is 6.26 Å². The second-order valence-electron chi connectivity index (χ2n) is 6.08. The van der Waals surface area contributed by atoms with E-state index in [0.29, 0.717) is 30.5 Å². The van der Waals surface area contributed by atoms with Crippen LogP contribution >= 0.6 is 0 Å². The molecule has 8 nitrogen and oxygen atoms in total. The Morgan fingerprint density at radius 3 is 2.92 bits per heavy atom. The van der Waals surface area contributed by atoms with Gasteiger partial charge in [-0.1, -0.05) is 13.8 Å². The Balaban J connectivity index is 1.61. The third-order valence-corrected chi connectivity index (χ3v) is 3.36. The highest BCUT2D eigenvalue weighted by Gasteiger charge is 2.08. The Bertz CT molecular complexity index is 621. The SMILES string of the molecule is CN=C(NCCCOCC(C)C)NCCc1nc(-c2ccco2)n[nH]1. The minimum atomic E-state index is 0.573. The van der Waals surface area contributed by atoms with Crippen LogP contribution in [-0.2, 0) is 11.2 Å². The second kappa shape index (κ2) is 10.5. The molecule has 0 aliphatic rings. The molecule has 0 saturated heterocycles. The lowest BCUT2D eigenvalue weighted by molar-refractivity contribution is 0.108. The van der Waals surface area contributed by atoms with E-state index in [1.165, 1.54) is 0 Å². The van der Waals surface area contributed by atoms with Gasteiger partial charge in [-0.3, -0.25) is 10.1 Å². The van der Waals surface area contributed by atoms with Crippen LogP contribution < -0.4 is 10.6 Å². The number of H-pyrrole nitrogens is 1. The summed E-state index contributed by atoms with van der Waals surface area (Å²) >= 11 is 0. The Morgan fingerprint density at radius 2 is 2.20 bits per heavy atom. The Hall–Kier alpha value is -2.35. The van der Waals surface area contributed by atoms with Gasteiger partial charge in [-0.25, -0.2) is 4.98 Å². The predicted octanol–water partition coefficient (Wildman–Crippen LogP) is 1.83. The van der Waals surface area contributed by atoms with Gasteiger partial charge in [0.15, 0.2) is 11.7 Å². The van der Waals surface area contributed by atoms with E-state index >= 15 is 0 Å². The largest absolute Gasteiger partial charge is 0.461 e. The highest BCUT2D eigenvalue weighted by molar-refractivity contribution is 5.79. The van der Waals surface area contributed by atoms with Crippen LogP contribution in [0, 0.1) is 5.92 Å². The molecule has 2 aromatic rings. The Labute approximate surface area is 148 Å². The molecule has 0 aromatic carbocycles. The molecule has 0 spiro atoms. The number of aliphatic imine (C=N–C) groups is 1. The minimum absolute atomic E-state index is 0.573. The van der Waals surface area contributed by atoms with Crippen molar-refractivity contribution in [2.24, 2.45) is 10.9 Å². The van der Waals surface area contributed by atoms with E-state index in [2.05, 4.69) is 44.7 Å². The summed E-state index contributed by atoms with van der Waals surface area (Å²) in [7, 11) is 1.76. The molecule has 0 saturated carbocycles. The maximum absolute atomic E-state index is 5.56. The maximum Gasteiger partial charge on any atom is 0.216 e. The smallest absolute Gasteiger partial charge is 0.216 e. The summed E-state index contributed by atoms with van der Waals surface area (Å²) in [5.74, 6) is 3.38. The molecule has 138 valence electrons. The summed E-state index contributed by atoms with van der Waals surface area (Å²) in [6, 6.07) is 3.65. The Morgan fingerprint density at radius 1 is 1.36 bits per heavy atom. The first-order valence-electron chi connectivity index (χ1n) is 8.66. The van der Waals surface area contributed by atoms with Crippen LogP contribution in [0.5, 0.6) is 0 Å².